The molecule has 0 saturated heterocycles. The number of carbonyl (C=O) groups excluding carboxylic acids is 2. The highest BCUT2D eigenvalue weighted by molar-refractivity contribution is 5.94. The van der Waals surface area contributed by atoms with Gasteiger partial charge in [-0.05, 0) is 44.5 Å². The number of ketones is 1. The highest BCUT2D eigenvalue weighted by Crippen LogP contribution is 2.32. The van der Waals surface area contributed by atoms with E-state index >= 15 is 0 Å². The number of ether oxygens (including phenoxy) is 2. The van der Waals surface area contributed by atoms with Crippen molar-refractivity contribution < 1.29 is 19.1 Å². The zero-order chi connectivity index (χ0) is 18.7. The molecule has 2 amide bonds. The van der Waals surface area contributed by atoms with Crippen molar-refractivity contribution in [3.05, 3.63) is 53.6 Å². The third kappa shape index (κ3) is 3.96. The van der Waals surface area contributed by atoms with Gasteiger partial charge in [0, 0.05) is 17.3 Å². The standard InChI is InChI=1S/C20H22N2O4/c1-13(23)14-5-4-6-15(11-14)20(2,3)22-19(24)21-16-7-8-17-18(12-16)26-10-9-25-17/h4-8,11-12H,9-10H2,1-3H3,(H2,21,22,24). The largest absolute Gasteiger partial charge is 0.486 e. The van der Waals surface area contributed by atoms with E-state index in [-0.39, 0.29) is 11.8 Å². The molecule has 0 radical (unpaired) electrons. The van der Waals surface area contributed by atoms with Crippen LogP contribution < -0.4 is 20.1 Å². The monoisotopic (exact) mass is 354 g/mol. The number of carbonyl (C=O) groups is 2. The molecule has 6 heteroatoms. The van der Waals surface area contributed by atoms with Crippen LogP contribution in [0, 0.1) is 0 Å². The Hall–Kier alpha value is -3.02. The molecular weight excluding hydrogens is 332 g/mol. The SMILES string of the molecule is CC(=O)c1cccc(C(C)(C)NC(=O)Nc2ccc3c(c2)OCCO3)c1. The van der Waals surface area contributed by atoms with Crippen LogP contribution in [-0.4, -0.2) is 25.0 Å². The first-order chi connectivity index (χ1) is 12.3. The number of anilines is 1. The summed E-state index contributed by atoms with van der Waals surface area (Å²) in [6.45, 7) is 6.30. The molecule has 0 saturated carbocycles. The second-order valence-electron chi connectivity index (χ2n) is 6.70. The molecule has 2 aromatic rings. The second-order valence-corrected chi connectivity index (χ2v) is 6.70. The van der Waals surface area contributed by atoms with Crippen molar-refractivity contribution in [3.63, 3.8) is 0 Å². The molecule has 2 aromatic carbocycles. The van der Waals surface area contributed by atoms with Gasteiger partial charge in [-0.3, -0.25) is 4.79 Å². The lowest BCUT2D eigenvalue weighted by Gasteiger charge is -2.27. The van der Waals surface area contributed by atoms with E-state index in [0.29, 0.717) is 36.0 Å². The van der Waals surface area contributed by atoms with E-state index in [2.05, 4.69) is 10.6 Å². The fourth-order valence-corrected chi connectivity index (χ4v) is 2.77. The average Bonchev–Trinajstić information content (AvgIpc) is 2.61. The van der Waals surface area contributed by atoms with Gasteiger partial charge in [-0.1, -0.05) is 18.2 Å². The van der Waals surface area contributed by atoms with E-state index in [4.69, 9.17) is 9.47 Å². The van der Waals surface area contributed by atoms with Gasteiger partial charge in [-0.15, -0.1) is 0 Å². The van der Waals surface area contributed by atoms with E-state index in [9.17, 15) is 9.59 Å². The van der Waals surface area contributed by atoms with Crippen LogP contribution in [0.25, 0.3) is 0 Å². The number of rotatable bonds is 4. The van der Waals surface area contributed by atoms with Gasteiger partial charge >= 0.3 is 6.03 Å². The van der Waals surface area contributed by atoms with Gasteiger partial charge in [0.25, 0.3) is 0 Å². The molecule has 0 unspecified atom stereocenters. The molecule has 0 bridgehead atoms. The summed E-state index contributed by atoms with van der Waals surface area (Å²) in [5.74, 6) is 1.27. The molecule has 2 N–H and O–H groups in total. The summed E-state index contributed by atoms with van der Waals surface area (Å²) >= 11 is 0. The molecule has 1 aliphatic heterocycles. The lowest BCUT2D eigenvalue weighted by Crippen LogP contribution is -2.43. The van der Waals surface area contributed by atoms with Crippen LogP contribution in [0.3, 0.4) is 0 Å². The number of fused-ring (bicyclic) bond motifs is 1. The van der Waals surface area contributed by atoms with E-state index in [0.717, 1.165) is 5.56 Å². The molecule has 1 aliphatic rings. The number of Topliss-reactive ketones (excluding diaryl/α,β-unsaturated/α-hetero) is 1. The zero-order valence-corrected chi connectivity index (χ0v) is 15.1. The summed E-state index contributed by atoms with van der Waals surface area (Å²) < 4.78 is 11.0. The minimum atomic E-state index is -0.649. The molecule has 0 fully saturated rings. The summed E-state index contributed by atoms with van der Waals surface area (Å²) in [5, 5.41) is 5.74. The Morgan fingerprint density at radius 2 is 1.73 bits per heavy atom. The van der Waals surface area contributed by atoms with Crippen LogP contribution in [0.1, 0.15) is 36.7 Å². The minimum Gasteiger partial charge on any atom is -0.486 e. The normalized spacial score (nSPS) is 13.0. The lowest BCUT2D eigenvalue weighted by atomic mass is 9.92. The average molecular weight is 354 g/mol. The number of hydrogen-bond acceptors (Lipinski definition) is 4. The zero-order valence-electron chi connectivity index (χ0n) is 15.1. The molecule has 26 heavy (non-hydrogen) atoms. The fraction of sp³-hybridized carbons (Fsp3) is 0.300. The Labute approximate surface area is 152 Å². The molecule has 136 valence electrons. The molecule has 3 rings (SSSR count). The predicted molar refractivity (Wildman–Crippen MR) is 99.1 cm³/mol. The summed E-state index contributed by atoms with van der Waals surface area (Å²) in [6, 6.07) is 12.2. The summed E-state index contributed by atoms with van der Waals surface area (Å²) in [6.07, 6.45) is 0. The third-order valence-electron chi connectivity index (χ3n) is 4.22. The van der Waals surface area contributed by atoms with E-state index in [1.54, 1.807) is 30.3 Å². The second kappa shape index (κ2) is 7.07. The Kier molecular flexibility index (Phi) is 4.84. The number of amides is 2. The summed E-state index contributed by atoms with van der Waals surface area (Å²) in [5.41, 5.74) is 1.43. The minimum absolute atomic E-state index is 0.0108. The predicted octanol–water partition coefficient (Wildman–Crippen LogP) is 3.72. The molecule has 0 aromatic heterocycles. The summed E-state index contributed by atoms with van der Waals surface area (Å²) in [7, 11) is 0. The quantitative estimate of drug-likeness (QED) is 0.821. The maximum absolute atomic E-state index is 12.4. The molecular formula is C20H22N2O4. The van der Waals surface area contributed by atoms with Crippen LogP contribution in [0.4, 0.5) is 10.5 Å². The van der Waals surface area contributed by atoms with Crippen molar-refractivity contribution in [3.8, 4) is 11.5 Å². The first-order valence-electron chi connectivity index (χ1n) is 8.45. The topological polar surface area (TPSA) is 76.7 Å². The number of benzene rings is 2. The highest BCUT2D eigenvalue weighted by atomic mass is 16.6. The van der Waals surface area contributed by atoms with Crippen molar-refractivity contribution in [2.45, 2.75) is 26.3 Å². The lowest BCUT2D eigenvalue weighted by molar-refractivity contribution is 0.101. The van der Waals surface area contributed by atoms with Crippen LogP contribution >= 0.6 is 0 Å². The van der Waals surface area contributed by atoms with Crippen molar-refractivity contribution >= 4 is 17.5 Å². The Morgan fingerprint density at radius 3 is 2.46 bits per heavy atom. The van der Waals surface area contributed by atoms with Gasteiger partial charge < -0.3 is 20.1 Å². The maximum Gasteiger partial charge on any atom is 0.319 e. The Morgan fingerprint density at radius 1 is 1.00 bits per heavy atom. The van der Waals surface area contributed by atoms with Crippen molar-refractivity contribution in [2.24, 2.45) is 0 Å². The molecule has 0 spiro atoms. The van der Waals surface area contributed by atoms with Crippen molar-refractivity contribution in [1.29, 1.82) is 0 Å². The van der Waals surface area contributed by atoms with Gasteiger partial charge in [0.15, 0.2) is 17.3 Å². The van der Waals surface area contributed by atoms with Gasteiger partial charge in [-0.2, -0.15) is 0 Å². The number of nitrogens with one attached hydrogen (secondary N) is 2. The fourth-order valence-electron chi connectivity index (χ4n) is 2.77. The van der Waals surface area contributed by atoms with Crippen molar-refractivity contribution in [1.82, 2.24) is 5.32 Å². The van der Waals surface area contributed by atoms with Gasteiger partial charge in [0.1, 0.15) is 13.2 Å². The molecule has 1 heterocycles. The number of hydrogen-bond donors (Lipinski definition) is 2. The van der Waals surface area contributed by atoms with Gasteiger partial charge in [0.05, 0.1) is 5.54 Å². The van der Waals surface area contributed by atoms with Crippen LogP contribution in [0.15, 0.2) is 42.5 Å². The van der Waals surface area contributed by atoms with Gasteiger partial charge in [0.2, 0.25) is 0 Å². The van der Waals surface area contributed by atoms with E-state index < -0.39 is 5.54 Å². The Balaban J connectivity index is 1.70. The Bertz CT molecular complexity index is 845. The smallest absolute Gasteiger partial charge is 0.319 e. The van der Waals surface area contributed by atoms with Crippen molar-refractivity contribution in [2.75, 3.05) is 18.5 Å². The highest BCUT2D eigenvalue weighted by Gasteiger charge is 2.24. The third-order valence-corrected chi connectivity index (χ3v) is 4.22. The molecule has 0 atom stereocenters. The first-order valence-corrected chi connectivity index (χ1v) is 8.45. The van der Waals surface area contributed by atoms with Gasteiger partial charge in [-0.25, -0.2) is 4.79 Å². The van der Waals surface area contributed by atoms with Crippen LogP contribution in [-0.2, 0) is 5.54 Å². The maximum atomic E-state index is 12.4. The van der Waals surface area contributed by atoms with Crippen LogP contribution in [0.5, 0.6) is 11.5 Å². The van der Waals surface area contributed by atoms with E-state index in [1.807, 2.05) is 26.0 Å². The molecule has 0 aliphatic carbocycles. The summed E-state index contributed by atoms with van der Waals surface area (Å²) in [4.78, 5) is 24.0. The van der Waals surface area contributed by atoms with E-state index in [1.165, 1.54) is 6.92 Å². The van der Waals surface area contributed by atoms with Crippen LogP contribution in [0.2, 0.25) is 0 Å². The first kappa shape index (κ1) is 17.8. The number of urea groups is 1. The molecule has 6 nitrogen and oxygen atoms in total.